The average Bonchev–Trinajstić information content (AvgIpc) is 3.18. The molecular formula is C23H24BrClN4O2S. The topological polar surface area (TPSA) is 76.9 Å². The van der Waals surface area contributed by atoms with Crippen LogP contribution in [0.1, 0.15) is 53.4 Å². The highest BCUT2D eigenvalue weighted by Crippen LogP contribution is 2.27. The van der Waals surface area contributed by atoms with E-state index in [1.807, 2.05) is 37.5 Å². The molecule has 0 aliphatic heterocycles. The lowest BCUT2D eigenvalue weighted by Crippen LogP contribution is -2.34. The number of Topliss-reactive ketones (excluding diaryl/α,β-unsaturated/α-hetero) is 1. The van der Waals surface area contributed by atoms with E-state index in [4.69, 9.17) is 11.6 Å². The van der Waals surface area contributed by atoms with Crippen molar-refractivity contribution in [1.82, 2.24) is 20.1 Å². The number of benzene rings is 2. The summed E-state index contributed by atoms with van der Waals surface area (Å²) in [6.07, 6.45) is 0. The Labute approximate surface area is 205 Å². The molecule has 3 rings (SSSR count). The molecule has 1 N–H and O–H groups in total. The molecule has 2 aromatic carbocycles. The molecule has 6 nitrogen and oxygen atoms in total. The number of rotatable bonds is 9. The van der Waals surface area contributed by atoms with Crippen LogP contribution in [0.15, 0.2) is 58.2 Å². The van der Waals surface area contributed by atoms with E-state index in [-0.39, 0.29) is 29.4 Å². The molecule has 32 heavy (non-hydrogen) atoms. The van der Waals surface area contributed by atoms with Crippen LogP contribution in [0, 0.1) is 5.92 Å². The summed E-state index contributed by atoms with van der Waals surface area (Å²) in [4.78, 5) is 25.4. The number of ketones is 1. The van der Waals surface area contributed by atoms with E-state index in [0.29, 0.717) is 33.7 Å². The molecule has 0 unspecified atom stereocenters. The van der Waals surface area contributed by atoms with Crippen molar-refractivity contribution >= 4 is 51.0 Å². The van der Waals surface area contributed by atoms with Gasteiger partial charge in [0.05, 0.1) is 22.4 Å². The first-order valence-electron chi connectivity index (χ1n) is 10.2. The first-order chi connectivity index (χ1) is 15.3. The number of halogens is 2. The van der Waals surface area contributed by atoms with Crippen LogP contribution in [-0.4, -0.2) is 32.2 Å². The Hall–Kier alpha value is -2.16. The van der Waals surface area contributed by atoms with Crippen molar-refractivity contribution in [1.29, 1.82) is 0 Å². The van der Waals surface area contributed by atoms with Crippen LogP contribution in [-0.2, 0) is 6.54 Å². The van der Waals surface area contributed by atoms with Crippen LogP contribution in [0.5, 0.6) is 0 Å². The first-order valence-corrected chi connectivity index (χ1v) is 12.4. The number of carbonyl (C=O) groups excluding carboxylic acids is 2. The van der Waals surface area contributed by atoms with Crippen molar-refractivity contribution in [3.8, 4) is 0 Å². The SMILES string of the molecule is CCn1c(SCC(=O)c2ccc(Br)cc2)nnc1[C@H](NC(=O)c1ccccc1Cl)C(C)C. The quantitative estimate of drug-likeness (QED) is 0.276. The highest BCUT2D eigenvalue weighted by atomic mass is 79.9. The fourth-order valence-electron chi connectivity index (χ4n) is 3.18. The van der Waals surface area contributed by atoms with Gasteiger partial charge in [0.2, 0.25) is 0 Å². The second-order valence-electron chi connectivity index (χ2n) is 7.48. The zero-order valence-electron chi connectivity index (χ0n) is 18.0. The highest BCUT2D eigenvalue weighted by molar-refractivity contribution is 9.10. The normalized spacial score (nSPS) is 12.1. The van der Waals surface area contributed by atoms with Gasteiger partial charge in [-0.25, -0.2) is 0 Å². The standard InChI is InChI=1S/C23H24BrClN4O2S/c1-4-29-21(20(14(2)3)26-22(31)17-7-5-6-8-18(17)25)27-28-23(29)32-13-19(30)15-9-11-16(24)12-10-15/h5-12,14,20H,4,13H2,1-3H3,(H,26,31)/t20-/m1/s1. The number of amides is 1. The van der Waals surface area contributed by atoms with Crippen LogP contribution in [0.2, 0.25) is 5.02 Å². The van der Waals surface area contributed by atoms with E-state index in [0.717, 1.165) is 4.47 Å². The molecular weight excluding hydrogens is 512 g/mol. The summed E-state index contributed by atoms with van der Waals surface area (Å²) in [6.45, 7) is 6.62. The fraction of sp³-hybridized carbons (Fsp3) is 0.304. The molecule has 1 aromatic heterocycles. The van der Waals surface area contributed by atoms with Gasteiger partial charge in [0.15, 0.2) is 16.8 Å². The summed E-state index contributed by atoms with van der Waals surface area (Å²) >= 11 is 10.9. The number of nitrogens with zero attached hydrogens (tertiary/aromatic N) is 3. The molecule has 1 heterocycles. The van der Waals surface area contributed by atoms with Crippen molar-refractivity contribution in [3.63, 3.8) is 0 Å². The number of nitrogens with one attached hydrogen (secondary N) is 1. The fourth-order valence-corrected chi connectivity index (χ4v) is 4.57. The predicted molar refractivity (Wildman–Crippen MR) is 131 cm³/mol. The Kier molecular flexibility index (Phi) is 8.51. The summed E-state index contributed by atoms with van der Waals surface area (Å²) in [5, 5.41) is 12.8. The van der Waals surface area contributed by atoms with Gasteiger partial charge in [-0.15, -0.1) is 10.2 Å². The molecule has 0 aliphatic rings. The van der Waals surface area contributed by atoms with Gasteiger partial charge >= 0.3 is 0 Å². The number of hydrogen-bond acceptors (Lipinski definition) is 5. The van der Waals surface area contributed by atoms with Crippen molar-refractivity contribution in [3.05, 3.63) is 75.0 Å². The minimum absolute atomic E-state index is 0.0159. The van der Waals surface area contributed by atoms with Crippen LogP contribution in [0.3, 0.4) is 0 Å². The molecule has 0 fully saturated rings. The van der Waals surface area contributed by atoms with Crippen molar-refractivity contribution in [2.24, 2.45) is 5.92 Å². The second kappa shape index (κ2) is 11.1. The maximum atomic E-state index is 12.8. The molecule has 0 bridgehead atoms. The second-order valence-corrected chi connectivity index (χ2v) is 9.74. The summed E-state index contributed by atoms with van der Waals surface area (Å²) in [5.41, 5.74) is 1.06. The van der Waals surface area contributed by atoms with Gasteiger partial charge in [-0.1, -0.05) is 77.4 Å². The van der Waals surface area contributed by atoms with Crippen molar-refractivity contribution < 1.29 is 9.59 Å². The van der Waals surface area contributed by atoms with E-state index < -0.39 is 0 Å². The molecule has 0 radical (unpaired) electrons. The van der Waals surface area contributed by atoms with Gasteiger partial charge in [-0.3, -0.25) is 9.59 Å². The van der Waals surface area contributed by atoms with Crippen molar-refractivity contribution in [2.45, 2.75) is 38.5 Å². The van der Waals surface area contributed by atoms with Gasteiger partial charge in [0.25, 0.3) is 5.91 Å². The van der Waals surface area contributed by atoms with E-state index in [9.17, 15) is 9.59 Å². The zero-order valence-corrected chi connectivity index (χ0v) is 21.2. The first kappa shape index (κ1) is 24.5. The van der Waals surface area contributed by atoms with Crippen LogP contribution >= 0.6 is 39.3 Å². The summed E-state index contributed by atoms with van der Waals surface area (Å²) in [6, 6.07) is 13.9. The Morgan fingerprint density at radius 2 is 1.81 bits per heavy atom. The van der Waals surface area contributed by atoms with E-state index in [2.05, 4.69) is 31.4 Å². The summed E-state index contributed by atoms with van der Waals surface area (Å²) in [5.74, 6) is 0.722. The lowest BCUT2D eigenvalue weighted by molar-refractivity contribution is 0.0921. The zero-order chi connectivity index (χ0) is 23.3. The smallest absolute Gasteiger partial charge is 0.253 e. The van der Waals surface area contributed by atoms with Gasteiger partial charge in [0, 0.05) is 16.6 Å². The number of aromatic nitrogens is 3. The Bertz CT molecular complexity index is 1100. The predicted octanol–water partition coefficient (Wildman–Crippen LogP) is 5.82. The number of carbonyl (C=O) groups is 2. The van der Waals surface area contributed by atoms with Gasteiger partial charge in [-0.2, -0.15) is 0 Å². The highest BCUT2D eigenvalue weighted by Gasteiger charge is 2.26. The largest absolute Gasteiger partial charge is 0.342 e. The molecule has 168 valence electrons. The minimum atomic E-state index is -0.359. The average molecular weight is 536 g/mol. The van der Waals surface area contributed by atoms with Crippen LogP contribution in [0.4, 0.5) is 0 Å². The Morgan fingerprint density at radius 3 is 2.44 bits per heavy atom. The maximum absolute atomic E-state index is 12.8. The number of hydrogen-bond donors (Lipinski definition) is 1. The van der Waals surface area contributed by atoms with Gasteiger partial charge < -0.3 is 9.88 Å². The van der Waals surface area contributed by atoms with Gasteiger partial charge in [-0.05, 0) is 37.1 Å². The lowest BCUT2D eigenvalue weighted by Gasteiger charge is -2.22. The van der Waals surface area contributed by atoms with E-state index in [1.54, 1.807) is 36.4 Å². The molecule has 1 atom stereocenters. The molecule has 3 aromatic rings. The maximum Gasteiger partial charge on any atom is 0.253 e. The lowest BCUT2D eigenvalue weighted by atomic mass is 10.0. The molecule has 0 saturated carbocycles. The van der Waals surface area contributed by atoms with Gasteiger partial charge in [0.1, 0.15) is 0 Å². The third-order valence-electron chi connectivity index (χ3n) is 4.91. The third-order valence-corrected chi connectivity index (χ3v) is 6.74. The molecule has 0 aliphatic carbocycles. The minimum Gasteiger partial charge on any atom is -0.342 e. The Balaban J connectivity index is 1.77. The summed E-state index contributed by atoms with van der Waals surface area (Å²) in [7, 11) is 0. The van der Waals surface area contributed by atoms with E-state index in [1.165, 1.54) is 11.8 Å². The van der Waals surface area contributed by atoms with E-state index >= 15 is 0 Å². The van der Waals surface area contributed by atoms with Crippen LogP contribution in [0.25, 0.3) is 0 Å². The molecule has 9 heteroatoms. The number of thioether (sulfide) groups is 1. The monoisotopic (exact) mass is 534 g/mol. The van der Waals surface area contributed by atoms with Crippen LogP contribution < -0.4 is 5.32 Å². The molecule has 0 saturated heterocycles. The van der Waals surface area contributed by atoms with Crippen molar-refractivity contribution in [2.75, 3.05) is 5.75 Å². The Morgan fingerprint density at radius 1 is 1.12 bits per heavy atom. The third kappa shape index (κ3) is 5.79. The molecule has 1 amide bonds. The summed E-state index contributed by atoms with van der Waals surface area (Å²) < 4.78 is 2.87. The molecule has 0 spiro atoms.